The molecule has 0 spiro atoms. The van der Waals surface area contributed by atoms with Crippen LogP contribution in [0.2, 0.25) is 0 Å². The van der Waals surface area contributed by atoms with Gasteiger partial charge in [0.2, 0.25) is 0 Å². The quantitative estimate of drug-likeness (QED) is 0.179. The molecule has 0 saturated carbocycles. The topological polar surface area (TPSA) is 92.9 Å². The van der Waals surface area contributed by atoms with E-state index in [9.17, 15) is 18.0 Å². The predicted molar refractivity (Wildman–Crippen MR) is 149 cm³/mol. The van der Waals surface area contributed by atoms with Crippen molar-refractivity contribution in [2.75, 3.05) is 5.32 Å². The number of para-hydroxylation sites is 1. The number of carbonyl (C=O) groups is 1. The third-order valence-corrected chi connectivity index (χ3v) is 6.02. The molecule has 202 valence electrons. The Morgan fingerprint density at radius 3 is 2.54 bits per heavy atom. The molecule has 4 aromatic rings. The number of alkyl halides is 3. The van der Waals surface area contributed by atoms with Crippen molar-refractivity contribution >= 4 is 52.9 Å². The molecule has 0 atom stereocenters. The van der Waals surface area contributed by atoms with Gasteiger partial charge in [-0.1, -0.05) is 38.1 Å². The van der Waals surface area contributed by atoms with Gasteiger partial charge in [-0.3, -0.25) is 14.4 Å². The maximum atomic E-state index is 12.3. The molecule has 0 aliphatic rings. The van der Waals surface area contributed by atoms with Crippen molar-refractivity contribution in [3.05, 3.63) is 83.6 Å². The highest BCUT2D eigenvalue weighted by Gasteiger charge is 2.30. The fourth-order valence-corrected chi connectivity index (χ4v) is 4.13. The number of urea groups is 1. The van der Waals surface area contributed by atoms with Gasteiger partial charge in [0.05, 0.1) is 29.6 Å². The molecule has 0 aliphatic carbocycles. The average Bonchev–Trinajstić information content (AvgIpc) is 3.20. The highest BCUT2D eigenvalue weighted by molar-refractivity contribution is 7.96. The van der Waals surface area contributed by atoms with E-state index < -0.39 is 6.36 Å². The number of aromatic nitrogens is 2. The highest BCUT2D eigenvalue weighted by Crippen LogP contribution is 2.26. The van der Waals surface area contributed by atoms with Gasteiger partial charge in [0, 0.05) is 24.3 Å². The van der Waals surface area contributed by atoms with E-state index in [2.05, 4.69) is 43.1 Å². The summed E-state index contributed by atoms with van der Waals surface area (Å²) in [5.41, 5.74) is 4.48. The maximum absolute atomic E-state index is 12.3. The largest absolute Gasteiger partial charge is 0.573 e. The summed E-state index contributed by atoms with van der Waals surface area (Å²) in [6.45, 7) is 4.12. The summed E-state index contributed by atoms with van der Waals surface area (Å²) in [7, 11) is 1.79. The number of fused-ring (bicyclic) bond motifs is 1. The summed E-state index contributed by atoms with van der Waals surface area (Å²) in [5.74, 6) is -0.0430. The molecule has 0 aliphatic heterocycles. The Morgan fingerprint density at radius 1 is 1.08 bits per heavy atom. The van der Waals surface area contributed by atoms with Crippen LogP contribution in [-0.2, 0) is 7.05 Å². The number of anilines is 1. The Labute approximate surface area is 227 Å². The molecule has 8 nitrogen and oxygen atoms in total. The van der Waals surface area contributed by atoms with Gasteiger partial charge in [-0.25, -0.2) is 9.19 Å². The van der Waals surface area contributed by atoms with Crippen molar-refractivity contribution in [3.63, 3.8) is 0 Å². The lowest BCUT2D eigenvalue weighted by Crippen LogP contribution is -2.23. The van der Waals surface area contributed by atoms with E-state index >= 15 is 0 Å². The normalized spacial score (nSPS) is 12.1. The summed E-state index contributed by atoms with van der Waals surface area (Å²) in [4.78, 5) is 16.6. The summed E-state index contributed by atoms with van der Waals surface area (Å²) >= 11 is 0.907. The number of hydrogen-bond acceptors (Lipinski definition) is 6. The fraction of sp³-hybridized carbons (Fsp3) is 0.185. The first-order valence-corrected chi connectivity index (χ1v) is 12.6. The van der Waals surface area contributed by atoms with Gasteiger partial charge in [-0.2, -0.15) is 5.10 Å². The van der Waals surface area contributed by atoms with Gasteiger partial charge in [0.25, 0.3) is 0 Å². The van der Waals surface area contributed by atoms with Crippen molar-refractivity contribution in [2.24, 2.45) is 16.4 Å². The van der Waals surface area contributed by atoms with Crippen LogP contribution in [0.4, 0.5) is 29.3 Å². The molecule has 1 aromatic heterocycles. The molecule has 1 heterocycles. The number of aliphatic imine (C=N–C) groups is 1. The first-order chi connectivity index (χ1) is 18.6. The van der Waals surface area contributed by atoms with E-state index in [1.807, 2.05) is 42.5 Å². The van der Waals surface area contributed by atoms with Crippen LogP contribution >= 0.6 is 12.1 Å². The minimum Gasteiger partial charge on any atom is -0.406 e. The summed E-state index contributed by atoms with van der Waals surface area (Å²) in [5, 5.41) is 8.15. The van der Waals surface area contributed by atoms with E-state index in [0.29, 0.717) is 11.4 Å². The molecule has 0 unspecified atom stereocenters. The SMILES string of the molecule is CC(C)c1ccccc1NC(=O)NSN=Cc1ccc2c(C=Nc3ccc(OC(F)(F)F)cc3)nn(C)c2c1. The molecular formula is C27H25F3N6O2S. The van der Waals surface area contributed by atoms with Gasteiger partial charge in [0.15, 0.2) is 0 Å². The summed E-state index contributed by atoms with van der Waals surface area (Å²) < 4.78 is 49.4. The predicted octanol–water partition coefficient (Wildman–Crippen LogP) is 7.15. The van der Waals surface area contributed by atoms with Crippen molar-refractivity contribution < 1.29 is 22.7 Å². The van der Waals surface area contributed by atoms with Crippen LogP contribution in [0.1, 0.15) is 36.6 Å². The second-order valence-electron chi connectivity index (χ2n) is 8.71. The molecule has 0 radical (unpaired) electrons. The zero-order chi connectivity index (χ0) is 28.0. The van der Waals surface area contributed by atoms with Crippen LogP contribution in [0.15, 0.2) is 76.1 Å². The third-order valence-electron chi connectivity index (χ3n) is 5.53. The number of nitrogens with one attached hydrogen (secondary N) is 2. The van der Waals surface area contributed by atoms with Crippen LogP contribution < -0.4 is 14.8 Å². The number of benzene rings is 3. The maximum Gasteiger partial charge on any atom is 0.573 e. The molecule has 12 heteroatoms. The highest BCUT2D eigenvalue weighted by atomic mass is 32.2. The second kappa shape index (κ2) is 12.0. The number of amides is 2. The molecule has 3 aromatic carbocycles. The molecule has 0 saturated heterocycles. The standard InChI is InChI=1S/C27H25F3N6O2S/c1-17(2)21-6-4-5-7-23(21)33-26(37)35-39-32-15-18-8-13-22-24(34-36(3)25(22)14-18)16-31-19-9-11-20(12-10-19)38-27(28,29)30/h4-17H,1-3H3,(H2,33,35,37). The molecule has 2 amide bonds. The van der Waals surface area contributed by atoms with Gasteiger partial charge in [-0.05, 0) is 59.5 Å². The monoisotopic (exact) mass is 554 g/mol. The first-order valence-electron chi connectivity index (χ1n) is 11.8. The van der Waals surface area contributed by atoms with E-state index in [4.69, 9.17) is 0 Å². The number of nitrogens with zero attached hydrogens (tertiary/aromatic N) is 4. The van der Waals surface area contributed by atoms with Gasteiger partial charge in [0.1, 0.15) is 11.4 Å². The molecule has 4 rings (SSSR count). The van der Waals surface area contributed by atoms with Crippen molar-refractivity contribution in [2.45, 2.75) is 26.1 Å². The second-order valence-corrected chi connectivity index (χ2v) is 9.31. The van der Waals surface area contributed by atoms with Crippen LogP contribution in [0.5, 0.6) is 5.75 Å². The Hall–Kier alpha value is -4.32. The Bertz CT molecular complexity index is 1510. The number of aryl methyl sites for hydroxylation is 1. The van der Waals surface area contributed by atoms with Crippen LogP contribution in [0.3, 0.4) is 0 Å². The van der Waals surface area contributed by atoms with Crippen molar-refractivity contribution in [1.82, 2.24) is 14.5 Å². The van der Waals surface area contributed by atoms with Crippen molar-refractivity contribution in [1.29, 1.82) is 0 Å². The first kappa shape index (κ1) is 27.7. The van der Waals surface area contributed by atoms with Gasteiger partial charge >= 0.3 is 12.4 Å². The van der Waals surface area contributed by atoms with Gasteiger partial charge in [-0.15, -0.1) is 13.2 Å². The zero-order valence-electron chi connectivity index (χ0n) is 21.2. The zero-order valence-corrected chi connectivity index (χ0v) is 22.0. The lowest BCUT2D eigenvalue weighted by atomic mass is 10.0. The minimum absolute atomic E-state index is 0.272. The van der Waals surface area contributed by atoms with Crippen LogP contribution in [0.25, 0.3) is 10.9 Å². The minimum atomic E-state index is -4.74. The summed E-state index contributed by atoms with van der Waals surface area (Å²) in [6.07, 6.45) is -1.57. The number of carbonyl (C=O) groups excluding carboxylic acids is 1. The smallest absolute Gasteiger partial charge is 0.406 e. The summed E-state index contributed by atoms with van der Waals surface area (Å²) in [6, 6.07) is 18.1. The van der Waals surface area contributed by atoms with E-state index in [1.165, 1.54) is 24.3 Å². The van der Waals surface area contributed by atoms with E-state index in [1.54, 1.807) is 24.2 Å². The lowest BCUT2D eigenvalue weighted by molar-refractivity contribution is -0.274. The number of ether oxygens (including phenoxy) is 1. The molecule has 0 fully saturated rings. The molecule has 0 bridgehead atoms. The number of rotatable bonds is 8. The molecule has 2 N–H and O–H groups in total. The van der Waals surface area contributed by atoms with Gasteiger partial charge < -0.3 is 10.1 Å². The van der Waals surface area contributed by atoms with Crippen LogP contribution in [0, 0.1) is 0 Å². The average molecular weight is 555 g/mol. The number of hydrogen-bond donors (Lipinski definition) is 2. The lowest BCUT2D eigenvalue weighted by Gasteiger charge is -2.13. The molecule has 39 heavy (non-hydrogen) atoms. The van der Waals surface area contributed by atoms with Crippen LogP contribution in [-0.4, -0.2) is 34.6 Å². The van der Waals surface area contributed by atoms with E-state index in [-0.39, 0.29) is 17.7 Å². The fourth-order valence-electron chi connectivity index (χ4n) is 3.76. The van der Waals surface area contributed by atoms with Crippen molar-refractivity contribution in [3.8, 4) is 5.75 Å². The Morgan fingerprint density at radius 2 is 1.82 bits per heavy atom. The third kappa shape index (κ3) is 7.60. The number of halogens is 3. The Balaban J connectivity index is 1.37. The Kier molecular flexibility index (Phi) is 8.55. The van der Waals surface area contributed by atoms with E-state index in [0.717, 1.165) is 39.9 Å². The molecular weight excluding hydrogens is 529 g/mol.